The normalized spacial score (nSPS) is 30.9. The number of rotatable bonds is 2. The van der Waals surface area contributed by atoms with Crippen LogP contribution in [-0.2, 0) is 6.42 Å². The second-order valence-corrected chi connectivity index (χ2v) is 6.34. The molecule has 3 nitrogen and oxygen atoms in total. The van der Waals surface area contributed by atoms with Gasteiger partial charge in [-0.1, -0.05) is 25.8 Å². The topological polar surface area (TPSA) is 44.9 Å². The Morgan fingerprint density at radius 2 is 2.11 bits per heavy atom. The number of H-pyrrole nitrogens is 1. The summed E-state index contributed by atoms with van der Waals surface area (Å²) in [7, 11) is 0. The van der Waals surface area contributed by atoms with Gasteiger partial charge in [-0.25, -0.2) is 0 Å². The van der Waals surface area contributed by atoms with Gasteiger partial charge in [-0.05, 0) is 43.6 Å². The van der Waals surface area contributed by atoms with Crippen LogP contribution in [0, 0.1) is 5.92 Å². The number of aromatic nitrogens is 1. The van der Waals surface area contributed by atoms with Crippen molar-refractivity contribution < 1.29 is 0 Å². The second-order valence-electron chi connectivity index (χ2n) is 6.34. The molecule has 2 aliphatic rings. The van der Waals surface area contributed by atoms with Crippen LogP contribution in [0.5, 0.6) is 0 Å². The van der Waals surface area contributed by atoms with Crippen LogP contribution in [-0.4, -0.2) is 11.0 Å². The maximum absolute atomic E-state index is 11.4. The van der Waals surface area contributed by atoms with Crippen molar-refractivity contribution in [2.24, 2.45) is 5.92 Å². The Balaban J connectivity index is 1.74. The summed E-state index contributed by atoms with van der Waals surface area (Å²) in [5.41, 5.74) is 2.51. The van der Waals surface area contributed by atoms with Gasteiger partial charge in [0.05, 0.1) is 0 Å². The molecule has 1 heterocycles. The Hall–Kier alpha value is -1.09. The first-order valence-corrected chi connectivity index (χ1v) is 7.70. The van der Waals surface area contributed by atoms with Crippen LogP contribution in [0.15, 0.2) is 16.9 Å². The van der Waals surface area contributed by atoms with Gasteiger partial charge in [-0.2, -0.15) is 0 Å². The van der Waals surface area contributed by atoms with Crippen LogP contribution in [0.25, 0.3) is 0 Å². The van der Waals surface area contributed by atoms with Gasteiger partial charge in [0.1, 0.15) is 0 Å². The van der Waals surface area contributed by atoms with Gasteiger partial charge in [-0.15, -0.1) is 0 Å². The standard InChI is InChI=1S/C16H24N2O/c1-11-4-2-5-12(10-11)17-14-6-3-7-15-13(14)8-9-16(19)18-15/h8-9,11-12,14,17H,2-7,10H2,1H3,(H,18,19). The summed E-state index contributed by atoms with van der Waals surface area (Å²) in [6.07, 6.45) is 8.73. The molecule has 104 valence electrons. The second kappa shape index (κ2) is 5.49. The van der Waals surface area contributed by atoms with Crippen molar-refractivity contribution in [3.8, 4) is 0 Å². The summed E-state index contributed by atoms with van der Waals surface area (Å²) < 4.78 is 0. The average molecular weight is 260 g/mol. The fraction of sp³-hybridized carbons (Fsp3) is 0.688. The van der Waals surface area contributed by atoms with Crippen LogP contribution in [0.4, 0.5) is 0 Å². The van der Waals surface area contributed by atoms with E-state index < -0.39 is 0 Å². The number of aryl methyl sites for hydroxylation is 1. The van der Waals surface area contributed by atoms with Crippen molar-refractivity contribution in [3.63, 3.8) is 0 Å². The van der Waals surface area contributed by atoms with E-state index in [-0.39, 0.29) is 5.56 Å². The van der Waals surface area contributed by atoms with Gasteiger partial charge < -0.3 is 10.3 Å². The molecule has 3 heteroatoms. The first-order valence-electron chi connectivity index (χ1n) is 7.70. The number of nitrogens with one attached hydrogen (secondary N) is 2. The molecule has 0 aromatic carbocycles. The molecule has 19 heavy (non-hydrogen) atoms. The maximum atomic E-state index is 11.4. The van der Waals surface area contributed by atoms with Gasteiger partial charge in [0.25, 0.3) is 0 Å². The lowest BCUT2D eigenvalue weighted by molar-refractivity contribution is 0.271. The van der Waals surface area contributed by atoms with E-state index in [4.69, 9.17) is 0 Å². The molecule has 2 aliphatic carbocycles. The molecule has 0 spiro atoms. The molecule has 0 aliphatic heterocycles. The van der Waals surface area contributed by atoms with E-state index in [2.05, 4.69) is 17.2 Å². The van der Waals surface area contributed by atoms with E-state index in [1.54, 1.807) is 6.07 Å². The highest BCUT2D eigenvalue weighted by molar-refractivity contribution is 5.26. The Morgan fingerprint density at radius 3 is 2.95 bits per heavy atom. The maximum Gasteiger partial charge on any atom is 0.248 e. The van der Waals surface area contributed by atoms with E-state index in [1.165, 1.54) is 44.1 Å². The zero-order valence-electron chi connectivity index (χ0n) is 11.7. The lowest BCUT2D eigenvalue weighted by Crippen LogP contribution is -2.38. The minimum absolute atomic E-state index is 0.0330. The van der Waals surface area contributed by atoms with E-state index in [0.29, 0.717) is 12.1 Å². The highest BCUT2D eigenvalue weighted by Gasteiger charge is 2.25. The fourth-order valence-corrected chi connectivity index (χ4v) is 3.74. The third-order valence-corrected chi connectivity index (χ3v) is 4.71. The molecule has 0 saturated heterocycles. The van der Waals surface area contributed by atoms with Crippen LogP contribution < -0.4 is 10.9 Å². The molecule has 3 atom stereocenters. The molecule has 0 amide bonds. The van der Waals surface area contributed by atoms with Gasteiger partial charge in [0.15, 0.2) is 0 Å². The Bertz CT molecular complexity index is 494. The third kappa shape index (κ3) is 2.92. The van der Waals surface area contributed by atoms with Crippen LogP contribution >= 0.6 is 0 Å². The zero-order chi connectivity index (χ0) is 13.2. The van der Waals surface area contributed by atoms with Gasteiger partial charge in [-0.3, -0.25) is 4.79 Å². The van der Waals surface area contributed by atoms with Gasteiger partial charge in [0, 0.05) is 23.8 Å². The van der Waals surface area contributed by atoms with Crippen LogP contribution in [0.3, 0.4) is 0 Å². The number of hydrogen-bond acceptors (Lipinski definition) is 2. The predicted octanol–water partition coefficient (Wildman–Crippen LogP) is 2.92. The molecule has 0 bridgehead atoms. The first kappa shape index (κ1) is 12.9. The first-order chi connectivity index (χ1) is 9.22. The molecule has 0 radical (unpaired) electrons. The quantitative estimate of drug-likeness (QED) is 0.858. The lowest BCUT2D eigenvalue weighted by Gasteiger charge is -2.34. The fourth-order valence-electron chi connectivity index (χ4n) is 3.74. The molecule has 3 rings (SSSR count). The van der Waals surface area contributed by atoms with E-state index in [9.17, 15) is 4.79 Å². The summed E-state index contributed by atoms with van der Waals surface area (Å²) in [6.45, 7) is 2.36. The Kier molecular flexibility index (Phi) is 3.74. The predicted molar refractivity (Wildman–Crippen MR) is 77.3 cm³/mol. The molecular formula is C16H24N2O. The van der Waals surface area contributed by atoms with Crippen LogP contribution in [0.2, 0.25) is 0 Å². The number of hydrogen-bond donors (Lipinski definition) is 2. The minimum Gasteiger partial charge on any atom is -0.326 e. The summed E-state index contributed by atoms with van der Waals surface area (Å²) in [4.78, 5) is 14.4. The van der Waals surface area contributed by atoms with Crippen molar-refractivity contribution >= 4 is 0 Å². The largest absolute Gasteiger partial charge is 0.326 e. The van der Waals surface area contributed by atoms with E-state index in [1.807, 2.05) is 6.07 Å². The zero-order valence-corrected chi connectivity index (χ0v) is 11.7. The summed E-state index contributed by atoms with van der Waals surface area (Å²) in [6, 6.07) is 4.79. The van der Waals surface area contributed by atoms with Crippen molar-refractivity contribution in [1.29, 1.82) is 0 Å². The molecule has 1 fully saturated rings. The number of fused-ring (bicyclic) bond motifs is 1. The van der Waals surface area contributed by atoms with Gasteiger partial charge in [0.2, 0.25) is 5.56 Å². The van der Waals surface area contributed by atoms with Crippen molar-refractivity contribution in [2.45, 2.75) is 64.0 Å². The average Bonchev–Trinajstić information content (AvgIpc) is 2.38. The van der Waals surface area contributed by atoms with Gasteiger partial charge >= 0.3 is 0 Å². The highest BCUT2D eigenvalue weighted by atomic mass is 16.1. The van der Waals surface area contributed by atoms with E-state index >= 15 is 0 Å². The van der Waals surface area contributed by atoms with Crippen molar-refractivity contribution in [1.82, 2.24) is 10.3 Å². The third-order valence-electron chi connectivity index (χ3n) is 4.71. The molecular weight excluding hydrogens is 236 g/mol. The molecule has 3 unspecified atom stereocenters. The monoisotopic (exact) mass is 260 g/mol. The Morgan fingerprint density at radius 1 is 1.21 bits per heavy atom. The summed E-state index contributed by atoms with van der Waals surface area (Å²) >= 11 is 0. The molecule has 1 aromatic rings. The number of pyridine rings is 1. The summed E-state index contributed by atoms with van der Waals surface area (Å²) in [5, 5.41) is 3.84. The van der Waals surface area contributed by atoms with Crippen molar-refractivity contribution in [2.75, 3.05) is 0 Å². The molecule has 2 N–H and O–H groups in total. The molecule has 1 aromatic heterocycles. The number of aromatic amines is 1. The van der Waals surface area contributed by atoms with Crippen LogP contribution in [0.1, 0.15) is 62.7 Å². The Labute approximate surface area is 114 Å². The molecule has 1 saturated carbocycles. The highest BCUT2D eigenvalue weighted by Crippen LogP contribution is 2.31. The smallest absolute Gasteiger partial charge is 0.248 e. The SMILES string of the molecule is CC1CCCC(NC2CCCc3[nH]c(=O)ccc32)C1. The van der Waals surface area contributed by atoms with Crippen molar-refractivity contribution in [3.05, 3.63) is 33.7 Å². The lowest BCUT2D eigenvalue weighted by atomic mass is 9.85. The minimum atomic E-state index is 0.0330. The summed E-state index contributed by atoms with van der Waals surface area (Å²) in [5.74, 6) is 0.852. The van der Waals surface area contributed by atoms with E-state index in [0.717, 1.165) is 18.0 Å².